The Bertz CT molecular complexity index is 355. The van der Waals surface area contributed by atoms with Gasteiger partial charge in [-0.2, -0.15) is 0 Å². The van der Waals surface area contributed by atoms with Gasteiger partial charge in [-0.3, -0.25) is 4.90 Å². The summed E-state index contributed by atoms with van der Waals surface area (Å²) < 4.78 is 0. The summed E-state index contributed by atoms with van der Waals surface area (Å²) >= 11 is 0. The van der Waals surface area contributed by atoms with Gasteiger partial charge in [0, 0.05) is 18.3 Å². The number of hydrogen-bond donors (Lipinski definition) is 1. The first-order valence-electron chi connectivity index (χ1n) is 6.88. The molecule has 1 aromatic rings. The number of nitrogen functional groups attached to an aromatic ring is 1. The highest BCUT2D eigenvalue weighted by Gasteiger charge is 2.28. The van der Waals surface area contributed by atoms with Crippen LogP contribution < -0.4 is 5.73 Å². The van der Waals surface area contributed by atoms with Crippen LogP contribution in [0.5, 0.6) is 0 Å². The molecule has 1 saturated carbocycles. The van der Waals surface area contributed by atoms with Gasteiger partial charge in [-0.25, -0.2) is 0 Å². The van der Waals surface area contributed by atoms with Crippen LogP contribution in [0.4, 0.5) is 5.69 Å². The van der Waals surface area contributed by atoms with Gasteiger partial charge >= 0.3 is 0 Å². The topological polar surface area (TPSA) is 32.5 Å². The number of anilines is 1. The molecule has 1 aliphatic carbocycles. The minimum Gasteiger partial charge on any atom is -0.399 e. The van der Waals surface area contributed by atoms with Crippen LogP contribution in [0.3, 0.4) is 0 Å². The van der Waals surface area contributed by atoms with Crippen molar-refractivity contribution in [1.82, 2.24) is 9.80 Å². The van der Waals surface area contributed by atoms with Crippen molar-refractivity contribution in [2.24, 2.45) is 0 Å². The fourth-order valence-electron chi connectivity index (χ4n) is 2.28. The lowest BCUT2D eigenvalue weighted by molar-refractivity contribution is 0.238. The first-order valence-corrected chi connectivity index (χ1v) is 6.88. The van der Waals surface area contributed by atoms with E-state index in [1.54, 1.807) is 0 Å². The minimum atomic E-state index is 0.824. The van der Waals surface area contributed by atoms with E-state index in [0.717, 1.165) is 18.3 Å². The van der Waals surface area contributed by atoms with E-state index in [1.807, 2.05) is 12.1 Å². The Morgan fingerprint density at radius 3 is 2.33 bits per heavy atom. The lowest BCUT2D eigenvalue weighted by Crippen LogP contribution is -2.29. The van der Waals surface area contributed by atoms with Crippen LogP contribution in [-0.2, 0) is 6.54 Å². The van der Waals surface area contributed by atoms with E-state index in [0.29, 0.717) is 0 Å². The molecule has 1 aromatic carbocycles. The van der Waals surface area contributed by atoms with E-state index in [2.05, 4.69) is 36.0 Å². The van der Waals surface area contributed by atoms with E-state index in [9.17, 15) is 0 Å². The number of nitrogens with zero attached hydrogens (tertiary/aromatic N) is 2. The smallest absolute Gasteiger partial charge is 0.0314 e. The molecule has 1 aliphatic rings. The molecule has 0 aliphatic heterocycles. The monoisotopic (exact) mass is 247 g/mol. The van der Waals surface area contributed by atoms with Crippen molar-refractivity contribution in [3.8, 4) is 0 Å². The number of nitrogens with two attached hydrogens (primary N) is 1. The second-order valence-corrected chi connectivity index (χ2v) is 5.60. The fraction of sp³-hybridized carbons (Fsp3) is 0.600. The molecule has 1 fully saturated rings. The molecule has 0 amide bonds. The third-order valence-electron chi connectivity index (χ3n) is 3.48. The zero-order valence-corrected chi connectivity index (χ0v) is 11.6. The molecule has 0 saturated heterocycles. The number of rotatable bonds is 7. The zero-order valence-electron chi connectivity index (χ0n) is 11.6. The second kappa shape index (κ2) is 6.21. The SMILES string of the molecule is CN(C)CCCN(Cc1ccc(N)cc1)C1CC1. The molecule has 0 bridgehead atoms. The Balaban J connectivity index is 1.84. The maximum Gasteiger partial charge on any atom is 0.0314 e. The van der Waals surface area contributed by atoms with Crippen molar-refractivity contribution >= 4 is 5.69 Å². The van der Waals surface area contributed by atoms with Crippen LogP contribution >= 0.6 is 0 Å². The Morgan fingerprint density at radius 2 is 1.78 bits per heavy atom. The lowest BCUT2D eigenvalue weighted by Gasteiger charge is -2.23. The van der Waals surface area contributed by atoms with Crippen molar-refractivity contribution < 1.29 is 0 Å². The molecular formula is C15H25N3. The summed E-state index contributed by atoms with van der Waals surface area (Å²) in [5.41, 5.74) is 7.95. The first kappa shape index (κ1) is 13.4. The van der Waals surface area contributed by atoms with E-state index in [1.165, 1.54) is 37.9 Å². The van der Waals surface area contributed by atoms with Crippen LogP contribution in [0, 0.1) is 0 Å². The van der Waals surface area contributed by atoms with Gasteiger partial charge in [0.05, 0.1) is 0 Å². The van der Waals surface area contributed by atoms with Crippen LogP contribution in [0.15, 0.2) is 24.3 Å². The summed E-state index contributed by atoms with van der Waals surface area (Å²) in [5, 5.41) is 0. The lowest BCUT2D eigenvalue weighted by atomic mass is 10.2. The predicted molar refractivity (Wildman–Crippen MR) is 77.5 cm³/mol. The molecule has 2 rings (SSSR count). The average Bonchev–Trinajstić information content (AvgIpc) is 3.14. The summed E-state index contributed by atoms with van der Waals surface area (Å²) in [6.45, 7) is 3.44. The van der Waals surface area contributed by atoms with Crippen LogP contribution in [0.2, 0.25) is 0 Å². The molecule has 18 heavy (non-hydrogen) atoms. The Morgan fingerprint density at radius 1 is 1.11 bits per heavy atom. The highest BCUT2D eigenvalue weighted by molar-refractivity contribution is 5.39. The van der Waals surface area contributed by atoms with Gasteiger partial charge in [-0.1, -0.05) is 12.1 Å². The van der Waals surface area contributed by atoms with Crippen molar-refractivity contribution in [2.45, 2.75) is 31.8 Å². The van der Waals surface area contributed by atoms with Crippen LogP contribution in [0.25, 0.3) is 0 Å². The molecule has 0 aromatic heterocycles. The summed E-state index contributed by atoms with van der Waals surface area (Å²) in [4.78, 5) is 4.88. The average molecular weight is 247 g/mol. The van der Waals surface area contributed by atoms with Crippen molar-refractivity contribution in [3.63, 3.8) is 0 Å². The quantitative estimate of drug-likeness (QED) is 0.750. The Hall–Kier alpha value is -1.06. The maximum atomic E-state index is 5.72. The van der Waals surface area contributed by atoms with E-state index in [-0.39, 0.29) is 0 Å². The molecule has 0 atom stereocenters. The highest BCUT2D eigenvalue weighted by atomic mass is 15.2. The molecule has 0 spiro atoms. The van der Waals surface area contributed by atoms with Crippen molar-refractivity contribution in [3.05, 3.63) is 29.8 Å². The predicted octanol–water partition coefficient (Wildman–Crippen LogP) is 2.18. The van der Waals surface area contributed by atoms with Gasteiger partial charge < -0.3 is 10.6 Å². The molecule has 100 valence electrons. The molecule has 2 N–H and O–H groups in total. The summed E-state index contributed by atoms with van der Waals surface area (Å²) in [7, 11) is 4.28. The first-order chi connectivity index (χ1) is 8.65. The van der Waals surface area contributed by atoms with Gasteiger partial charge in [0.2, 0.25) is 0 Å². The van der Waals surface area contributed by atoms with Gasteiger partial charge in [0.25, 0.3) is 0 Å². The zero-order chi connectivity index (χ0) is 13.0. The number of hydrogen-bond acceptors (Lipinski definition) is 3. The van der Waals surface area contributed by atoms with E-state index in [4.69, 9.17) is 5.73 Å². The van der Waals surface area contributed by atoms with Gasteiger partial charge in [-0.05, 0) is 64.1 Å². The van der Waals surface area contributed by atoms with Gasteiger partial charge in [-0.15, -0.1) is 0 Å². The third-order valence-corrected chi connectivity index (χ3v) is 3.48. The second-order valence-electron chi connectivity index (χ2n) is 5.60. The molecular weight excluding hydrogens is 222 g/mol. The van der Waals surface area contributed by atoms with Crippen LogP contribution in [-0.4, -0.2) is 43.0 Å². The largest absolute Gasteiger partial charge is 0.399 e. The Kier molecular flexibility index (Phi) is 4.61. The number of benzene rings is 1. The van der Waals surface area contributed by atoms with Gasteiger partial charge in [0.1, 0.15) is 0 Å². The van der Waals surface area contributed by atoms with Crippen LogP contribution in [0.1, 0.15) is 24.8 Å². The molecule has 0 radical (unpaired) electrons. The summed E-state index contributed by atoms with van der Waals surface area (Å²) in [6.07, 6.45) is 3.99. The summed E-state index contributed by atoms with van der Waals surface area (Å²) in [6, 6.07) is 9.12. The van der Waals surface area contributed by atoms with E-state index < -0.39 is 0 Å². The van der Waals surface area contributed by atoms with Gasteiger partial charge in [0.15, 0.2) is 0 Å². The summed E-state index contributed by atoms with van der Waals surface area (Å²) in [5.74, 6) is 0. The highest BCUT2D eigenvalue weighted by Crippen LogP contribution is 2.28. The normalized spacial score (nSPS) is 15.6. The Labute approximate surface area is 111 Å². The fourth-order valence-corrected chi connectivity index (χ4v) is 2.28. The minimum absolute atomic E-state index is 0.824. The van der Waals surface area contributed by atoms with E-state index >= 15 is 0 Å². The molecule has 0 heterocycles. The molecule has 0 unspecified atom stereocenters. The van der Waals surface area contributed by atoms with Crippen molar-refractivity contribution in [2.75, 3.05) is 32.9 Å². The molecule has 3 heteroatoms. The molecule has 3 nitrogen and oxygen atoms in total. The standard InChI is InChI=1S/C15H25N3/c1-17(2)10-3-11-18(15-8-9-15)12-13-4-6-14(16)7-5-13/h4-7,15H,3,8-12,16H2,1-2H3. The van der Waals surface area contributed by atoms with Crippen molar-refractivity contribution in [1.29, 1.82) is 0 Å². The maximum absolute atomic E-state index is 5.72. The third kappa shape index (κ3) is 4.31.